The number of thioether (sulfide) groups is 1. The van der Waals surface area contributed by atoms with Crippen LogP contribution in [0.4, 0.5) is 0 Å². The first kappa shape index (κ1) is 9.60. The maximum Gasteiger partial charge on any atom is 0.0231 e. The van der Waals surface area contributed by atoms with Gasteiger partial charge in [-0.1, -0.05) is 0 Å². The third kappa shape index (κ3) is 8.60. The van der Waals surface area contributed by atoms with E-state index in [1.807, 2.05) is 18.8 Å². The van der Waals surface area contributed by atoms with E-state index in [4.69, 9.17) is 11.6 Å². The molecule has 0 spiro atoms. The molecule has 0 bridgehead atoms. The number of rotatable bonds is 6. The Morgan fingerprint density at radius 1 is 1.44 bits per heavy atom. The van der Waals surface area contributed by atoms with Crippen molar-refractivity contribution < 1.29 is 0 Å². The number of nitrogens with one attached hydrogen (secondary N) is 1. The summed E-state index contributed by atoms with van der Waals surface area (Å²) in [5, 5.41) is 3.09. The summed E-state index contributed by atoms with van der Waals surface area (Å²) in [6.45, 7) is 1.10. The predicted octanol–water partition coefficient (Wildman–Crippen LogP) is 1.57. The molecule has 0 aliphatic heterocycles. The molecule has 0 amide bonds. The molecule has 56 valence electrons. The average molecular weight is 168 g/mol. The van der Waals surface area contributed by atoms with Crippen molar-refractivity contribution in [3.05, 3.63) is 0 Å². The van der Waals surface area contributed by atoms with Gasteiger partial charge in [0, 0.05) is 18.2 Å². The number of alkyl halides is 1. The van der Waals surface area contributed by atoms with Crippen molar-refractivity contribution in [1.82, 2.24) is 5.32 Å². The van der Waals surface area contributed by atoms with Crippen LogP contribution < -0.4 is 5.32 Å². The topological polar surface area (TPSA) is 12.0 Å². The maximum absolute atomic E-state index is 5.49. The lowest BCUT2D eigenvalue weighted by Gasteiger charge is -1.97. The van der Waals surface area contributed by atoms with Crippen LogP contribution in [0.5, 0.6) is 0 Å². The first-order chi connectivity index (χ1) is 4.41. The quantitative estimate of drug-likeness (QED) is 0.476. The minimum atomic E-state index is 0.798. The molecule has 0 heterocycles. The highest BCUT2D eigenvalue weighted by atomic mass is 35.5. The predicted molar refractivity (Wildman–Crippen MR) is 46.6 cm³/mol. The number of hydrogen-bond donors (Lipinski definition) is 1. The molecule has 0 unspecified atom stereocenters. The third-order valence-corrected chi connectivity index (χ3v) is 2.26. The zero-order valence-electron chi connectivity index (χ0n) is 5.82. The summed E-state index contributed by atoms with van der Waals surface area (Å²) in [7, 11) is 1.97. The zero-order chi connectivity index (χ0) is 6.95. The fourth-order valence-corrected chi connectivity index (χ4v) is 1.63. The van der Waals surface area contributed by atoms with E-state index in [1.54, 1.807) is 0 Å². The van der Waals surface area contributed by atoms with E-state index in [0.717, 1.165) is 18.8 Å². The van der Waals surface area contributed by atoms with Gasteiger partial charge in [0.15, 0.2) is 0 Å². The van der Waals surface area contributed by atoms with E-state index in [2.05, 4.69) is 5.32 Å². The first-order valence-corrected chi connectivity index (χ1v) is 4.89. The Morgan fingerprint density at radius 2 is 2.22 bits per heavy atom. The average Bonchev–Trinajstić information content (AvgIpc) is 1.89. The lowest BCUT2D eigenvalue weighted by Crippen LogP contribution is -2.09. The van der Waals surface area contributed by atoms with E-state index < -0.39 is 0 Å². The fraction of sp³-hybridized carbons (Fsp3) is 1.00. The van der Waals surface area contributed by atoms with Gasteiger partial charge in [-0.05, 0) is 19.2 Å². The van der Waals surface area contributed by atoms with Crippen molar-refractivity contribution in [2.24, 2.45) is 0 Å². The second-order valence-electron chi connectivity index (χ2n) is 1.76. The van der Waals surface area contributed by atoms with E-state index >= 15 is 0 Å². The van der Waals surface area contributed by atoms with Gasteiger partial charge in [-0.3, -0.25) is 0 Å². The molecule has 0 rings (SSSR count). The molecule has 0 radical (unpaired) electrons. The summed E-state index contributed by atoms with van der Waals surface area (Å²) >= 11 is 7.44. The van der Waals surface area contributed by atoms with E-state index in [0.29, 0.717) is 0 Å². The first-order valence-electron chi connectivity index (χ1n) is 3.20. The highest BCUT2D eigenvalue weighted by Crippen LogP contribution is 2.01. The molecule has 1 nitrogen and oxygen atoms in total. The van der Waals surface area contributed by atoms with Crippen molar-refractivity contribution >= 4 is 23.4 Å². The molecule has 0 aliphatic carbocycles. The second kappa shape index (κ2) is 8.60. The van der Waals surface area contributed by atoms with Crippen LogP contribution in [0.2, 0.25) is 0 Å². The Morgan fingerprint density at radius 3 is 2.78 bits per heavy atom. The van der Waals surface area contributed by atoms with Gasteiger partial charge < -0.3 is 5.32 Å². The molecule has 0 aliphatic rings. The zero-order valence-corrected chi connectivity index (χ0v) is 7.39. The Labute approximate surface area is 66.5 Å². The molecule has 3 heteroatoms. The summed E-state index contributed by atoms with van der Waals surface area (Å²) in [6.07, 6.45) is 1.13. The lowest BCUT2D eigenvalue weighted by molar-refractivity contribution is 0.871. The van der Waals surface area contributed by atoms with Gasteiger partial charge in [0.1, 0.15) is 0 Å². The van der Waals surface area contributed by atoms with Crippen molar-refractivity contribution in [1.29, 1.82) is 0 Å². The Balaban J connectivity index is 2.60. The van der Waals surface area contributed by atoms with Crippen molar-refractivity contribution in [2.45, 2.75) is 6.42 Å². The molecule has 1 N–H and O–H groups in total. The fourth-order valence-electron chi connectivity index (χ4n) is 0.433. The normalized spacial score (nSPS) is 10.0. The summed E-state index contributed by atoms with van der Waals surface area (Å²) < 4.78 is 0. The molecule has 0 fully saturated rings. The molecular weight excluding hydrogens is 154 g/mol. The van der Waals surface area contributed by atoms with E-state index in [1.165, 1.54) is 11.5 Å². The smallest absolute Gasteiger partial charge is 0.0231 e. The second-order valence-corrected chi connectivity index (χ2v) is 3.36. The molecule has 0 aromatic carbocycles. The highest BCUT2D eigenvalue weighted by molar-refractivity contribution is 7.99. The minimum absolute atomic E-state index is 0.798. The van der Waals surface area contributed by atoms with Crippen LogP contribution in [-0.2, 0) is 0 Å². The standard InChI is InChI=1S/C6H14ClNS/c1-8-4-6-9-5-2-3-7/h8H,2-6H2,1H3. The number of hydrogen-bond acceptors (Lipinski definition) is 2. The Bertz CT molecular complexity index is 46.3. The van der Waals surface area contributed by atoms with Crippen LogP contribution in [0.25, 0.3) is 0 Å². The van der Waals surface area contributed by atoms with Crippen LogP contribution in [0, 0.1) is 0 Å². The van der Waals surface area contributed by atoms with Crippen molar-refractivity contribution in [3.63, 3.8) is 0 Å². The summed E-state index contributed by atoms with van der Waals surface area (Å²) in [6, 6.07) is 0. The molecule has 0 aromatic rings. The van der Waals surface area contributed by atoms with Gasteiger partial charge in [0.25, 0.3) is 0 Å². The number of halogens is 1. The van der Waals surface area contributed by atoms with Crippen LogP contribution in [0.3, 0.4) is 0 Å². The van der Waals surface area contributed by atoms with Crippen molar-refractivity contribution in [2.75, 3.05) is 31.0 Å². The minimum Gasteiger partial charge on any atom is -0.319 e. The monoisotopic (exact) mass is 167 g/mol. The lowest BCUT2D eigenvalue weighted by atomic mass is 10.6. The van der Waals surface area contributed by atoms with Crippen LogP contribution >= 0.6 is 23.4 Å². The summed E-state index contributed by atoms with van der Waals surface area (Å²) in [4.78, 5) is 0. The van der Waals surface area contributed by atoms with Crippen LogP contribution in [0.1, 0.15) is 6.42 Å². The van der Waals surface area contributed by atoms with Gasteiger partial charge in [0.05, 0.1) is 0 Å². The molecule has 9 heavy (non-hydrogen) atoms. The van der Waals surface area contributed by atoms with Crippen molar-refractivity contribution in [3.8, 4) is 0 Å². The van der Waals surface area contributed by atoms with Gasteiger partial charge in [-0.2, -0.15) is 11.8 Å². The Hall–Kier alpha value is 0.600. The van der Waals surface area contributed by atoms with Gasteiger partial charge >= 0.3 is 0 Å². The Kier molecular flexibility index (Phi) is 9.17. The molecular formula is C6H14ClNS. The van der Waals surface area contributed by atoms with E-state index in [9.17, 15) is 0 Å². The van der Waals surface area contributed by atoms with E-state index in [-0.39, 0.29) is 0 Å². The van der Waals surface area contributed by atoms with Gasteiger partial charge in [0.2, 0.25) is 0 Å². The van der Waals surface area contributed by atoms with Gasteiger partial charge in [-0.25, -0.2) is 0 Å². The van der Waals surface area contributed by atoms with Crippen LogP contribution in [0.15, 0.2) is 0 Å². The molecule has 0 aromatic heterocycles. The summed E-state index contributed by atoms with van der Waals surface area (Å²) in [5.41, 5.74) is 0. The van der Waals surface area contributed by atoms with Crippen LogP contribution in [-0.4, -0.2) is 31.0 Å². The maximum atomic E-state index is 5.49. The molecule has 0 atom stereocenters. The molecule has 0 saturated heterocycles. The van der Waals surface area contributed by atoms with Gasteiger partial charge in [-0.15, -0.1) is 11.6 Å². The largest absolute Gasteiger partial charge is 0.319 e. The SMILES string of the molecule is CNCCSCCCCl. The molecule has 0 saturated carbocycles. The highest BCUT2D eigenvalue weighted by Gasteiger charge is 1.85. The summed E-state index contributed by atoms with van der Waals surface area (Å²) in [5.74, 6) is 3.20. The third-order valence-electron chi connectivity index (χ3n) is 0.919.